The van der Waals surface area contributed by atoms with Gasteiger partial charge in [-0.25, -0.2) is 14.6 Å². The van der Waals surface area contributed by atoms with Gasteiger partial charge >= 0.3 is 11.7 Å². The minimum absolute atomic E-state index is 0.0825. The molecule has 0 aliphatic rings. The van der Waals surface area contributed by atoms with Gasteiger partial charge in [0.05, 0.1) is 10.9 Å². The van der Waals surface area contributed by atoms with Crippen molar-refractivity contribution < 1.29 is 9.90 Å². The van der Waals surface area contributed by atoms with E-state index in [0.29, 0.717) is 6.54 Å². The highest BCUT2D eigenvalue weighted by Crippen LogP contribution is 2.07. The number of pyridine rings is 1. The van der Waals surface area contributed by atoms with Crippen molar-refractivity contribution in [2.45, 2.75) is 13.5 Å². The van der Waals surface area contributed by atoms with Crippen molar-refractivity contribution in [2.24, 2.45) is 7.05 Å². The fourth-order valence-electron chi connectivity index (χ4n) is 1.77. The van der Waals surface area contributed by atoms with E-state index in [9.17, 15) is 14.4 Å². The molecule has 2 rings (SSSR count). The molecule has 7 nitrogen and oxygen atoms in total. The molecule has 7 heteroatoms. The molecule has 0 spiro atoms. The molecule has 0 amide bonds. The third-order valence-electron chi connectivity index (χ3n) is 2.74. The Labute approximate surface area is 101 Å². The van der Waals surface area contributed by atoms with Crippen LogP contribution in [-0.2, 0) is 13.6 Å². The number of carboxylic acid groups (broad SMARTS) is 1. The second kappa shape index (κ2) is 4.10. The Bertz CT molecular complexity index is 757. The minimum atomic E-state index is -1.17. The lowest BCUT2D eigenvalue weighted by molar-refractivity contribution is 0.0696. The summed E-state index contributed by atoms with van der Waals surface area (Å²) in [5.74, 6) is -1.17. The quantitative estimate of drug-likeness (QED) is 0.796. The van der Waals surface area contributed by atoms with Crippen molar-refractivity contribution in [3.05, 3.63) is 38.7 Å². The van der Waals surface area contributed by atoms with Crippen molar-refractivity contribution in [3.8, 4) is 0 Å². The summed E-state index contributed by atoms with van der Waals surface area (Å²) in [6, 6.07) is 1.23. The van der Waals surface area contributed by atoms with Gasteiger partial charge in [0.2, 0.25) is 0 Å². The summed E-state index contributed by atoms with van der Waals surface area (Å²) >= 11 is 0. The van der Waals surface area contributed by atoms with Crippen LogP contribution in [0.25, 0.3) is 11.0 Å². The van der Waals surface area contributed by atoms with Crippen molar-refractivity contribution >= 4 is 17.0 Å². The van der Waals surface area contributed by atoms with Crippen LogP contribution in [-0.4, -0.2) is 25.2 Å². The van der Waals surface area contributed by atoms with Crippen molar-refractivity contribution in [2.75, 3.05) is 0 Å². The maximum Gasteiger partial charge on any atom is 0.337 e. The first-order valence-corrected chi connectivity index (χ1v) is 5.30. The molecule has 0 fully saturated rings. The number of carboxylic acids is 1. The van der Waals surface area contributed by atoms with Crippen LogP contribution in [0.15, 0.2) is 21.9 Å². The molecule has 0 radical (unpaired) electrons. The van der Waals surface area contributed by atoms with Gasteiger partial charge in [-0.3, -0.25) is 13.9 Å². The van der Waals surface area contributed by atoms with Crippen molar-refractivity contribution in [1.82, 2.24) is 14.1 Å². The third-order valence-corrected chi connectivity index (χ3v) is 2.74. The van der Waals surface area contributed by atoms with E-state index in [1.807, 2.05) is 0 Å². The van der Waals surface area contributed by atoms with E-state index >= 15 is 0 Å². The Balaban J connectivity index is 3.01. The molecule has 0 atom stereocenters. The van der Waals surface area contributed by atoms with Gasteiger partial charge in [-0.15, -0.1) is 0 Å². The van der Waals surface area contributed by atoms with Gasteiger partial charge in [0.15, 0.2) is 0 Å². The maximum atomic E-state index is 11.9. The van der Waals surface area contributed by atoms with Crippen LogP contribution >= 0.6 is 0 Å². The summed E-state index contributed by atoms with van der Waals surface area (Å²) in [7, 11) is 1.35. The summed E-state index contributed by atoms with van der Waals surface area (Å²) in [4.78, 5) is 38.5. The number of nitrogens with zero attached hydrogens (tertiary/aromatic N) is 3. The first kappa shape index (κ1) is 12.0. The highest BCUT2D eigenvalue weighted by Gasteiger charge is 2.13. The van der Waals surface area contributed by atoms with Crippen LogP contribution in [0.3, 0.4) is 0 Å². The van der Waals surface area contributed by atoms with Gasteiger partial charge < -0.3 is 5.11 Å². The van der Waals surface area contributed by atoms with Crippen LogP contribution in [0.4, 0.5) is 0 Å². The Morgan fingerprint density at radius 1 is 1.44 bits per heavy atom. The first-order chi connectivity index (χ1) is 8.47. The molecular weight excluding hydrogens is 238 g/mol. The molecule has 0 saturated carbocycles. The van der Waals surface area contributed by atoms with Gasteiger partial charge in [-0.2, -0.15) is 0 Å². The second-order valence-corrected chi connectivity index (χ2v) is 3.79. The lowest BCUT2D eigenvalue weighted by Crippen LogP contribution is -2.38. The Kier molecular flexibility index (Phi) is 2.74. The zero-order chi connectivity index (χ0) is 13.4. The third kappa shape index (κ3) is 1.60. The summed E-state index contributed by atoms with van der Waals surface area (Å²) in [5, 5.41) is 8.99. The van der Waals surface area contributed by atoms with Crippen LogP contribution in [0, 0.1) is 0 Å². The Morgan fingerprint density at radius 2 is 2.11 bits per heavy atom. The molecule has 0 unspecified atom stereocenters. The minimum Gasteiger partial charge on any atom is -0.478 e. The second-order valence-electron chi connectivity index (χ2n) is 3.79. The van der Waals surface area contributed by atoms with Crippen LogP contribution < -0.4 is 11.2 Å². The Hall–Kier alpha value is -2.44. The van der Waals surface area contributed by atoms with Crippen molar-refractivity contribution in [3.63, 3.8) is 0 Å². The zero-order valence-electron chi connectivity index (χ0n) is 9.88. The highest BCUT2D eigenvalue weighted by molar-refractivity contribution is 5.91. The predicted octanol–water partition coefficient (Wildman–Crippen LogP) is -0.187. The average Bonchev–Trinajstić information content (AvgIpc) is 2.36. The SMILES string of the molecule is CCn1c(=O)n(C)c(=O)c2cc(C(=O)O)cnc21. The molecule has 0 aliphatic carbocycles. The summed E-state index contributed by atoms with van der Waals surface area (Å²) < 4.78 is 2.27. The molecular formula is C11H11N3O4. The molecule has 0 aliphatic heterocycles. The van der Waals surface area contributed by atoms with E-state index in [2.05, 4.69) is 4.98 Å². The summed E-state index contributed by atoms with van der Waals surface area (Å²) in [5.41, 5.74) is -0.891. The highest BCUT2D eigenvalue weighted by atomic mass is 16.4. The fraction of sp³-hybridized carbons (Fsp3) is 0.273. The maximum absolute atomic E-state index is 11.9. The molecule has 0 bridgehead atoms. The number of aromatic nitrogens is 3. The van der Waals surface area contributed by atoms with Crippen LogP contribution in [0.5, 0.6) is 0 Å². The molecule has 0 aromatic carbocycles. The normalized spacial score (nSPS) is 10.8. The summed E-state index contributed by atoms with van der Waals surface area (Å²) in [6.07, 6.45) is 1.13. The van der Waals surface area contributed by atoms with E-state index in [1.165, 1.54) is 17.7 Å². The van der Waals surface area contributed by atoms with E-state index in [4.69, 9.17) is 5.11 Å². The molecule has 18 heavy (non-hydrogen) atoms. The van der Waals surface area contributed by atoms with Gasteiger partial charge in [-0.1, -0.05) is 0 Å². The van der Waals surface area contributed by atoms with E-state index < -0.39 is 17.2 Å². The molecule has 2 aromatic heterocycles. The first-order valence-electron chi connectivity index (χ1n) is 5.30. The number of fused-ring (bicyclic) bond motifs is 1. The van der Waals surface area contributed by atoms with Crippen LogP contribution in [0.1, 0.15) is 17.3 Å². The number of hydrogen-bond acceptors (Lipinski definition) is 4. The lowest BCUT2D eigenvalue weighted by Gasteiger charge is -2.08. The van der Waals surface area contributed by atoms with Gasteiger partial charge in [-0.05, 0) is 13.0 Å². The predicted molar refractivity (Wildman–Crippen MR) is 63.9 cm³/mol. The number of aromatic carboxylic acids is 1. The van der Waals surface area contributed by atoms with Gasteiger partial charge in [0.1, 0.15) is 5.65 Å². The number of carbonyl (C=O) groups is 1. The molecule has 94 valence electrons. The fourth-order valence-corrected chi connectivity index (χ4v) is 1.77. The molecule has 2 heterocycles. The van der Waals surface area contributed by atoms with Gasteiger partial charge in [0.25, 0.3) is 5.56 Å². The van der Waals surface area contributed by atoms with E-state index in [1.54, 1.807) is 6.92 Å². The summed E-state index contributed by atoms with van der Waals surface area (Å²) in [6.45, 7) is 2.10. The van der Waals surface area contributed by atoms with Crippen molar-refractivity contribution in [1.29, 1.82) is 0 Å². The molecule has 1 N–H and O–H groups in total. The smallest absolute Gasteiger partial charge is 0.337 e. The van der Waals surface area contributed by atoms with Crippen LogP contribution in [0.2, 0.25) is 0 Å². The monoisotopic (exact) mass is 249 g/mol. The number of aryl methyl sites for hydroxylation is 1. The van der Waals surface area contributed by atoms with Gasteiger partial charge in [0, 0.05) is 19.8 Å². The number of rotatable bonds is 2. The molecule has 2 aromatic rings. The van der Waals surface area contributed by atoms with E-state index in [0.717, 1.165) is 10.8 Å². The zero-order valence-corrected chi connectivity index (χ0v) is 9.88. The van der Waals surface area contributed by atoms with E-state index in [-0.39, 0.29) is 16.6 Å². The number of hydrogen-bond donors (Lipinski definition) is 1. The standard InChI is InChI=1S/C11H11N3O4/c1-3-14-8-7(9(15)13(2)11(14)18)4-6(5-12-8)10(16)17/h4-5H,3H2,1-2H3,(H,16,17). The average molecular weight is 249 g/mol. The Morgan fingerprint density at radius 3 is 2.67 bits per heavy atom. The largest absolute Gasteiger partial charge is 0.478 e. The molecule has 0 saturated heterocycles. The lowest BCUT2D eigenvalue weighted by atomic mass is 10.2. The topological polar surface area (TPSA) is 94.2 Å².